The second kappa shape index (κ2) is 11.2. The zero-order valence-corrected chi connectivity index (χ0v) is 19.9. The van der Waals surface area contributed by atoms with E-state index in [1.807, 2.05) is 12.1 Å². The van der Waals surface area contributed by atoms with Gasteiger partial charge in [-0.25, -0.2) is 17.2 Å². The van der Waals surface area contributed by atoms with Crippen LogP contribution in [-0.4, -0.2) is 49.7 Å². The van der Waals surface area contributed by atoms with Gasteiger partial charge < -0.3 is 5.32 Å². The molecule has 0 bridgehead atoms. The number of hydrogen-bond acceptors (Lipinski definition) is 4. The Bertz CT molecular complexity index is 1050. The Morgan fingerprint density at radius 2 is 1.61 bits per heavy atom. The Morgan fingerprint density at radius 3 is 2.18 bits per heavy atom. The van der Waals surface area contributed by atoms with Crippen LogP contribution in [0.3, 0.4) is 0 Å². The smallest absolute Gasteiger partial charge is 0.243 e. The van der Waals surface area contributed by atoms with Crippen molar-refractivity contribution in [1.29, 1.82) is 0 Å². The molecule has 0 unspecified atom stereocenters. The zero-order valence-electron chi connectivity index (χ0n) is 19.1. The third kappa shape index (κ3) is 6.37. The third-order valence-electron chi connectivity index (χ3n) is 6.14. The van der Waals surface area contributed by atoms with Crippen LogP contribution >= 0.6 is 0 Å². The standard InChI is InChI=1S/C24H31F2N3O3S/c1-3-28(4-2)17-19-7-5-18(6-8-19)16-27-24(30)20-11-13-29(14-12-20)33(31,32)21-9-10-22(25)23(26)15-21/h5-10,15,20H,3-4,11-14,16-17H2,1-2H3,(H,27,30). The average molecular weight is 480 g/mol. The molecule has 0 saturated carbocycles. The van der Waals surface area contributed by atoms with Crippen molar-refractivity contribution in [3.8, 4) is 0 Å². The molecule has 1 N–H and O–H groups in total. The molecule has 2 aromatic carbocycles. The molecule has 180 valence electrons. The molecule has 1 saturated heterocycles. The SMILES string of the molecule is CCN(CC)Cc1ccc(CNC(=O)C2CCN(S(=O)(=O)c3ccc(F)c(F)c3)CC2)cc1. The lowest BCUT2D eigenvalue weighted by Crippen LogP contribution is -2.42. The molecular weight excluding hydrogens is 448 g/mol. The summed E-state index contributed by atoms with van der Waals surface area (Å²) < 4.78 is 53.2. The highest BCUT2D eigenvalue weighted by Gasteiger charge is 2.32. The minimum Gasteiger partial charge on any atom is -0.352 e. The monoisotopic (exact) mass is 479 g/mol. The summed E-state index contributed by atoms with van der Waals surface area (Å²) in [7, 11) is -3.93. The maximum Gasteiger partial charge on any atom is 0.243 e. The maximum absolute atomic E-state index is 13.5. The van der Waals surface area contributed by atoms with Crippen LogP contribution in [0, 0.1) is 17.6 Å². The van der Waals surface area contributed by atoms with E-state index < -0.39 is 21.7 Å². The molecule has 33 heavy (non-hydrogen) atoms. The quantitative estimate of drug-likeness (QED) is 0.598. The van der Waals surface area contributed by atoms with Gasteiger partial charge in [-0.05, 0) is 55.3 Å². The van der Waals surface area contributed by atoms with E-state index in [1.165, 1.54) is 9.87 Å². The van der Waals surface area contributed by atoms with Crippen LogP contribution in [-0.2, 0) is 27.9 Å². The molecule has 1 amide bonds. The largest absolute Gasteiger partial charge is 0.352 e. The van der Waals surface area contributed by atoms with Crippen LogP contribution in [0.5, 0.6) is 0 Å². The maximum atomic E-state index is 13.5. The summed E-state index contributed by atoms with van der Waals surface area (Å²) in [5.74, 6) is -2.69. The molecule has 1 fully saturated rings. The summed E-state index contributed by atoms with van der Waals surface area (Å²) >= 11 is 0. The number of hydrogen-bond donors (Lipinski definition) is 1. The summed E-state index contributed by atoms with van der Waals surface area (Å²) in [5.41, 5.74) is 2.23. The van der Waals surface area contributed by atoms with Gasteiger partial charge in [0.05, 0.1) is 4.90 Å². The molecule has 0 atom stereocenters. The minimum atomic E-state index is -3.93. The van der Waals surface area contributed by atoms with Gasteiger partial charge in [-0.3, -0.25) is 9.69 Å². The summed E-state index contributed by atoms with van der Waals surface area (Å²) in [5, 5.41) is 2.94. The highest BCUT2D eigenvalue weighted by molar-refractivity contribution is 7.89. The predicted octanol–water partition coefficient (Wildman–Crippen LogP) is 3.52. The van der Waals surface area contributed by atoms with Gasteiger partial charge in [0.1, 0.15) is 0 Å². The topological polar surface area (TPSA) is 69.7 Å². The third-order valence-corrected chi connectivity index (χ3v) is 8.04. The Kier molecular flexibility index (Phi) is 8.56. The van der Waals surface area contributed by atoms with Gasteiger partial charge in [0, 0.05) is 32.1 Å². The van der Waals surface area contributed by atoms with Gasteiger partial charge in [0.25, 0.3) is 0 Å². The molecular formula is C24H31F2N3O3S. The Hall–Kier alpha value is -2.36. The van der Waals surface area contributed by atoms with Gasteiger partial charge in [0.15, 0.2) is 11.6 Å². The molecule has 1 heterocycles. The lowest BCUT2D eigenvalue weighted by atomic mass is 9.97. The number of rotatable bonds is 9. The van der Waals surface area contributed by atoms with Crippen molar-refractivity contribution >= 4 is 15.9 Å². The predicted molar refractivity (Wildman–Crippen MR) is 123 cm³/mol. The van der Waals surface area contributed by atoms with Crippen LogP contribution in [0.15, 0.2) is 47.4 Å². The highest BCUT2D eigenvalue weighted by Crippen LogP contribution is 2.25. The summed E-state index contributed by atoms with van der Waals surface area (Å²) in [6, 6.07) is 10.7. The fourth-order valence-corrected chi connectivity index (χ4v) is 5.43. The summed E-state index contributed by atoms with van der Waals surface area (Å²) in [6.45, 7) is 7.87. The first-order chi connectivity index (χ1) is 15.7. The summed E-state index contributed by atoms with van der Waals surface area (Å²) in [4.78, 5) is 14.6. The second-order valence-corrected chi connectivity index (χ2v) is 10.2. The second-order valence-electron chi connectivity index (χ2n) is 8.25. The summed E-state index contributed by atoms with van der Waals surface area (Å²) in [6.07, 6.45) is 0.745. The number of carbonyl (C=O) groups is 1. The average Bonchev–Trinajstić information content (AvgIpc) is 2.83. The normalized spacial score (nSPS) is 15.7. The van der Waals surface area contributed by atoms with Gasteiger partial charge >= 0.3 is 0 Å². The Morgan fingerprint density at radius 1 is 1.00 bits per heavy atom. The molecule has 0 spiro atoms. The molecule has 6 nitrogen and oxygen atoms in total. The Balaban J connectivity index is 1.50. The molecule has 9 heteroatoms. The van der Waals surface area contributed by atoms with Crippen molar-refractivity contribution in [2.45, 2.75) is 44.7 Å². The molecule has 2 aromatic rings. The molecule has 0 radical (unpaired) electrons. The minimum absolute atomic E-state index is 0.105. The van der Waals surface area contributed by atoms with Crippen molar-refractivity contribution in [1.82, 2.24) is 14.5 Å². The van der Waals surface area contributed by atoms with Crippen molar-refractivity contribution in [3.05, 3.63) is 65.2 Å². The van der Waals surface area contributed by atoms with Crippen molar-refractivity contribution in [2.75, 3.05) is 26.2 Å². The van der Waals surface area contributed by atoms with Crippen molar-refractivity contribution < 1.29 is 22.0 Å². The van der Waals surface area contributed by atoms with E-state index >= 15 is 0 Å². The van der Waals surface area contributed by atoms with Crippen LogP contribution in [0.4, 0.5) is 8.78 Å². The first-order valence-corrected chi connectivity index (χ1v) is 12.7. The number of sulfonamides is 1. The number of benzene rings is 2. The van der Waals surface area contributed by atoms with E-state index in [4.69, 9.17) is 0 Å². The van der Waals surface area contributed by atoms with E-state index in [9.17, 15) is 22.0 Å². The van der Waals surface area contributed by atoms with Crippen LogP contribution in [0.2, 0.25) is 0 Å². The van der Waals surface area contributed by atoms with Crippen molar-refractivity contribution in [2.24, 2.45) is 5.92 Å². The van der Waals surface area contributed by atoms with E-state index in [1.54, 1.807) is 0 Å². The molecule has 1 aliphatic rings. The van der Waals surface area contributed by atoms with Gasteiger partial charge in [0.2, 0.25) is 15.9 Å². The van der Waals surface area contributed by atoms with E-state index in [2.05, 4.69) is 36.2 Å². The van der Waals surface area contributed by atoms with Crippen LogP contribution in [0.1, 0.15) is 37.8 Å². The lowest BCUT2D eigenvalue weighted by molar-refractivity contribution is -0.126. The van der Waals surface area contributed by atoms with E-state index in [-0.39, 0.29) is 29.8 Å². The lowest BCUT2D eigenvalue weighted by Gasteiger charge is -2.30. The first kappa shape index (κ1) is 25.3. The molecule has 0 aromatic heterocycles. The number of carbonyl (C=O) groups excluding carboxylic acids is 1. The van der Waals surface area contributed by atoms with E-state index in [0.29, 0.717) is 25.5 Å². The molecule has 0 aliphatic carbocycles. The molecule has 3 rings (SSSR count). The van der Waals surface area contributed by atoms with Gasteiger partial charge in [-0.2, -0.15) is 4.31 Å². The highest BCUT2D eigenvalue weighted by atomic mass is 32.2. The molecule has 1 aliphatic heterocycles. The fourth-order valence-electron chi connectivity index (χ4n) is 3.95. The number of amides is 1. The Labute approximate surface area is 194 Å². The first-order valence-electron chi connectivity index (χ1n) is 11.3. The van der Waals surface area contributed by atoms with E-state index in [0.717, 1.165) is 37.3 Å². The van der Waals surface area contributed by atoms with Crippen LogP contribution < -0.4 is 5.32 Å². The van der Waals surface area contributed by atoms with Crippen LogP contribution in [0.25, 0.3) is 0 Å². The number of halogens is 2. The number of piperidine rings is 1. The fraction of sp³-hybridized carbons (Fsp3) is 0.458. The van der Waals surface area contributed by atoms with Gasteiger partial charge in [-0.1, -0.05) is 38.1 Å². The van der Waals surface area contributed by atoms with Gasteiger partial charge in [-0.15, -0.1) is 0 Å². The van der Waals surface area contributed by atoms with Crippen molar-refractivity contribution in [3.63, 3.8) is 0 Å². The zero-order chi connectivity index (χ0) is 24.0. The number of nitrogens with zero attached hydrogens (tertiary/aromatic N) is 2. The number of nitrogens with one attached hydrogen (secondary N) is 1.